The fourth-order valence-corrected chi connectivity index (χ4v) is 1.19. The second kappa shape index (κ2) is 6.64. The monoisotopic (exact) mass is 255 g/mol. The Morgan fingerprint density at radius 2 is 2.29 bits per heavy atom. The van der Waals surface area contributed by atoms with Crippen molar-refractivity contribution in [3.8, 4) is 5.88 Å². The molecule has 1 aromatic rings. The van der Waals surface area contributed by atoms with Crippen LogP contribution in [0.3, 0.4) is 0 Å². The van der Waals surface area contributed by atoms with Crippen molar-refractivity contribution in [2.24, 2.45) is 0 Å². The summed E-state index contributed by atoms with van der Waals surface area (Å²) < 4.78 is 9.62. The van der Waals surface area contributed by atoms with E-state index < -0.39 is 6.09 Å². The Balaban J connectivity index is 2.52. The van der Waals surface area contributed by atoms with Crippen LogP contribution in [0.1, 0.15) is 6.92 Å². The minimum Gasteiger partial charge on any atom is -0.481 e. The quantitative estimate of drug-likeness (QED) is 0.798. The molecule has 0 aromatic carbocycles. The number of hydrogen-bond donors (Lipinski definition) is 2. The van der Waals surface area contributed by atoms with Gasteiger partial charge in [-0.1, -0.05) is 6.07 Å². The molecule has 0 bridgehead atoms. The van der Waals surface area contributed by atoms with Crippen LogP contribution >= 0.6 is 12.2 Å². The summed E-state index contributed by atoms with van der Waals surface area (Å²) in [6.07, 6.45) is -0.604. The van der Waals surface area contributed by atoms with Gasteiger partial charge in [-0.3, -0.25) is 5.32 Å². The molecule has 17 heavy (non-hydrogen) atoms. The van der Waals surface area contributed by atoms with Gasteiger partial charge in [-0.25, -0.2) is 4.79 Å². The number of alkyl carbamates (subject to hydrolysis) is 1. The first-order valence-corrected chi connectivity index (χ1v) is 5.32. The van der Waals surface area contributed by atoms with Gasteiger partial charge in [0.15, 0.2) is 5.11 Å². The topological polar surface area (TPSA) is 72.5 Å². The Hall–Kier alpha value is -1.89. The highest BCUT2D eigenvalue weighted by atomic mass is 32.1. The molecule has 0 radical (unpaired) electrons. The third-order valence-corrected chi connectivity index (χ3v) is 1.87. The molecule has 0 aliphatic rings. The van der Waals surface area contributed by atoms with Gasteiger partial charge in [0.05, 0.1) is 13.7 Å². The average Bonchev–Trinajstić information content (AvgIpc) is 2.29. The molecule has 92 valence electrons. The van der Waals surface area contributed by atoms with Crippen LogP contribution in [-0.4, -0.2) is 29.9 Å². The largest absolute Gasteiger partial charge is 0.481 e. The fraction of sp³-hybridized carbons (Fsp3) is 0.300. The first-order valence-electron chi connectivity index (χ1n) is 4.91. The lowest BCUT2D eigenvalue weighted by Crippen LogP contribution is -2.34. The van der Waals surface area contributed by atoms with Gasteiger partial charge in [-0.05, 0) is 25.2 Å². The zero-order valence-electron chi connectivity index (χ0n) is 9.52. The molecule has 1 rings (SSSR count). The Kier molecular flexibility index (Phi) is 5.15. The zero-order chi connectivity index (χ0) is 12.7. The number of pyridine rings is 1. The van der Waals surface area contributed by atoms with Gasteiger partial charge in [0.1, 0.15) is 5.82 Å². The fourth-order valence-electron chi connectivity index (χ4n) is 1.01. The maximum absolute atomic E-state index is 11.1. The first-order chi connectivity index (χ1) is 8.15. The van der Waals surface area contributed by atoms with Crippen LogP contribution in [0.15, 0.2) is 18.2 Å². The molecule has 0 aliphatic heterocycles. The summed E-state index contributed by atoms with van der Waals surface area (Å²) in [6.45, 7) is 1.99. The van der Waals surface area contributed by atoms with Crippen molar-refractivity contribution in [3.63, 3.8) is 0 Å². The van der Waals surface area contributed by atoms with Crippen molar-refractivity contribution in [2.75, 3.05) is 19.0 Å². The Morgan fingerprint density at radius 3 is 2.94 bits per heavy atom. The minimum absolute atomic E-state index is 0.115. The molecule has 0 unspecified atom stereocenters. The van der Waals surface area contributed by atoms with E-state index in [0.29, 0.717) is 11.7 Å². The van der Waals surface area contributed by atoms with Gasteiger partial charge in [-0.2, -0.15) is 4.98 Å². The first kappa shape index (κ1) is 13.2. The van der Waals surface area contributed by atoms with Crippen molar-refractivity contribution in [1.82, 2.24) is 10.3 Å². The van der Waals surface area contributed by atoms with Crippen LogP contribution in [0.25, 0.3) is 0 Å². The second-order valence-electron chi connectivity index (χ2n) is 2.86. The molecule has 0 atom stereocenters. The van der Waals surface area contributed by atoms with E-state index >= 15 is 0 Å². The van der Waals surface area contributed by atoms with E-state index in [1.807, 2.05) is 0 Å². The predicted molar refractivity (Wildman–Crippen MR) is 67.2 cm³/mol. The molecule has 0 aliphatic carbocycles. The normalized spacial score (nSPS) is 9.29. The summed E-state index contributed by atoms with van der Waals surface area (Å²) in [5.41, 5.74) is 0. The van der Waals surface area contributed by atoms with Gasteiger partial charge < -0.3 is 14.8 Å². The smallest absolute Gasteiger partial charge is 0.413 e. The highest BCUT2D eigenvalue weighted by Gasteiger charge is 2.05. The molecule has 6 nitrogen and oxygen atoms in total. The lowest BCUT2D eigenvalue weighted by Gasteiger charge is -2.09. The van der Waals surface area contributed by atoms with E-state index in [0.717, 1.165) is 0 Å². The maximum atomic E-state index is 11.1. The van der Waals surface area contributed by atoms with Crippen LogP contribution < -0.4 is 15.4 Å². The van der Waals surface area contributed by atoms with Crippen molar-refractivity contribution in [2.45, 2.75) is 6.92 Å². The summed E-state index contributed by atoms with van der Waals surface area (Å²) >= 11 is 4.90. The van der Waals surface area contributed by atoms with Gasteiger partial charge >= 0.3 is 6.09 Å². The molecule has 1 heterocycles. The van der Waals surface area contributed by atoms with E-state index in [9.17, 15) is 4.79 Å². The number of carbonyl (C=O) groups is 1. The summed E-state index contributed by atoms with van der Waals surface area (Å²) in [4.78, 5) is 15.1. The molecular formula is C10H13N3O3S. The van der Waals surface area contributed by atoms with Crippen LogP contribution in [0.5, 0.6) is 5.88 Å². The third-order valence-electron chi connectivity index (χ3n) is 1.67. The molecular weight excluding hydrogens is 242 g/mol. The predicted octanol–water partition coefficient (Wildman–Crippen LogP) is 1.53. The molecule has 2 N–H and O–H groups in total. The van der Waals surface area contributed by atoms with Crippen molar-refractivity contribution < 1.29 is 14.3 Å². The van der Waals surface area contributed by atoms with Gasteiger partial charge in [0.2, 0.25) is 5.88 Å². The number of ether oxygens (including phenoxy) is 2. The number of anilines is 1. The molecule has 0 spiro atoms. The van der Waals surface area contributed by atoms with Gasteiger partial charge in [-0.15, -0.1) is 0 Å². The van der Waals surface area contributed by atoms with Crippen molar-refractivity contribution in [3.05, 3.63) is 18.2 Å². The number of hydrogen-bond acceptors (Lipinski definition) is 5. The number of amides is 1. The van der Waals surface area contributed by atoms with Gasteiger partial charge in [0, 0.05) is 6.07 Å². The highest BCUT2D eigenvalue weighted by molar-refractivity contribution is 7.80. The number of carbonyl (C=O) groups excluding carboxylic acids is 1. The number of methoxy groups -OCH3 is 1. The molecule has 7 heteroatoms. The lowest BCUT2D eigenvalue weighted by molar-refractivity contribution is 0.158. The van der Waals surface area contributed by atoms with Crippen molar-refractivity contribution in [1.29, 1.82) is 0 Å². The SMILES string of the molecule is CCOC(=O)NC(=S)Nc1cccc(OC)n1. The molecule has 0 saturated carbocycles. The molecule has 1 amide bonds. The second-order valence-corrected chi connectivity index (χ2v) is 3.27. The highest BCUT2D eigenvalue weighted by Crippen LogP contribution is 2.10. The lowest BCUT2D eigenvalue weighted by atomic mass is 10.4. The Labute approximate surface area is 104 Å². The van der Waals surface area contributed by atoms with E-state index in [4.69, 9.17) is 17.0 Å². The van der Waals surface area contributed by atoms with Crippen molar-refractivity contribution >= 4 is 29.2 Å². The van der Waals surface area contributed by atoms with E-state index in [1.165, 1.54) is 7.11 Å². The van der Waals surface area contributed by atoms with Crippen LogP contribution in [0, 0.1) is 0 Å². The summed E-state index contributed by atoms with van der Waals surface area (Å²) in [5.74, 6) is 0.931. The van der Waals surface area contributed by atoms with E-state index in [1.54, 1.807) is 25.1 Å². The number of thiocarbonyl (C=S) groups is 1. The number of rotatable bonds is 3. The summed E-state index contributed by atoms with van der Waals surface area (Å²) in [7, 11) is 1.52. The number of aromatic nitrogens is 1. The van der Waals surface area contributed by atoms with E-state index in [2.05, 4.69) is 20.4 Å². The zero-order valence-corrected chi connectivity index (χ0v) is 10.3. The summed E-state index contributed by atoms with van der Waals surface area (Å²) in [5, 5.41) is 5.19. The Bertz CT molecular complexity index is 412. The molecule has 1 aromatic heterocycles. The number of nitrogens with one attached hydrogen (secondary N) is 2. The van der Waals surface area contributed by atoms with Crippen LogP contribution in [0.2, 0.25) is 0 Å². The molecule has 0 fully saturated rings. The van der Waals surface area contributed by atoms with Crippen LogP contribution in [0.4, 0.5) is 10.6 Å². The Morgan fingerprint density at radius 1 is 1.53 bits per heavy atom. The minimum atomic E-state index is -0.604. The van der Waals surface area contributed by atoms with E-state index in [-0.39, 0.29) is 11.7 Å². The molecule has 0 saturated heterocycles. The third kappa shape index (κ3) is 4.64. The average molecular weight is 255 g/mol. The van der Waals surface area contributed by atoms with Crippen LogP contribution in [-0.2, 0) is 4.74 Å². The van der Waals surface area contributed by atoms with Gasteiger partial charge in [0.25, 0.3) is 0 Å². The maximum Gasteiger partial charge on any atom is 0.413 e. The summed E-state index contributed by atoms with van der Waals surface area (Å²) in [6, 6.07) is 5.15. The number of nitrogens with zero attached hydrogens (tertiary/aromatic N) is 1. The standard InChI is InChI=1S/C10H13N3O3S/c1-3-16-10(14)13-9(17)12-7-5-4-6-8(11-7)15-2/h4-6H,3H2,1-2H3,(H2,11,12,13,14,17).